The third-order valence-corrected chi connectivity index (χ3v) is 5.24. The van der Waals surface area contributed by atoms with Crippen molar-refractivity contribution < 1.29 is 9.90 Å². The van der Waals surface area contributed by atoms with Crippen molar-refractivity contribution in [1.29, 1.82) is 0 Å². The van der Waals surface area contributed by atoms with Crippen molar-refractivity contribution >= 4 is 17.7 Å². The molecule has 1 amide bonds. The Hall–Kier alpha value is -1.78. The lowest BCUT2D eigenvalue weighted by molar-refractivity contribution is -0.120. The summed E-state index contributed by atoms with van der Waals surface area (Å²) < 4.78 is 0. The van der Waals surface area contributed by atoms with E-state index in [1.165, 1.54) is 5.56 Å². The van der Waals surface area contributed by atoms with Crippen molar-refractivity contribution in [2.24, 2.45) is 0 Å². The monoisotopic (exact) mass is 343 g/mol. The molecule has 2 aromatic rings. The summed E-state index contributed by atoms with van der Waals surface area (Å²) in [5, 5.41) is 12.0. The largest absolute Gasteiger partial charge is 0.392 e. The molecule has 0 saturated carbocycles. The lowest BCUT2D eigenvalue weighted by Crippen LogP contribution is -2.33. The van der Waals surface area contributed by atoms with E-state index in [1.807, 2.05) is 49.4 Å². The second kappa shape index (κ2) is 9.50. The molecule has 0 radical (unpaired) electrons. The van der Waals surface area contributed by atoms with Gasteiger partial charge in [0.1, 0.15) is 0 Å². The lowest BCUT2D eigenvalue weighted by atomic mass is 10.0. The predicted molar refractivity (Wildman–Crippen MR) is 101 cm³/mol. The van der Waals surface area contributed by atoms with Crippen molar-refractivity contribution in [2.75, 3.05) is 6.54 Å². The van der Waals surface area contributed by atoms with Gasteiger partial charge in [-0.25, -0.2) is 0 Å². The Kier molecular flexibility index (Phi) is 7.35. The van der Waals surface area contributed by atoms with Gasteiger partial charge < -0.3 is 10.4 Å². The van der Waals surface area contributed by atoms with Crippen LogP contribution in [-0.4, -0.2) is 22.8 Å². The summed E-state index contributed by atoms with van der Waals surface area (Å²) >= 11 is 1.62. The van der Waals surface area contributed by atoms with Crippen LogP contribution in [0, 0.1) is 0 Å². The number of carbonyl (C=O) groups excluding carboxylic acids is 1. The van der Waals surface area contributed by atoms with Gasteiger partial charge in [-0.2, -0.15) is 0 Å². The molecule has 0 spiro atoms. The standard InChI is InChI=1S/C20H25NO2S/c1-15(19-6-4-3-5-7-19)12-21-20(23)16(2)24-14-18-10-8-17(13-22)9-11-18/h3-11,15-16,22H,12-14H2,1-2H3,(H,21,23). The highest BCUT2D eigenvalue weighted by atomic mass is 32.2. The summed E-state index contributed by atoms with van der Waals surface area (Å²) in [6.45, 7) is 4.77. The van der Waals surface area contributed by atoms with Crippen molar-refractivity contribution in [3.05, 3.63) is 71.3 Å². The zero-order valence-corrected chi connectivity index (χ0v) is 15.1. The van der Waals surface area contributed by atoms with Crippen molar-refractivity contribution in [3.63, 3.8) is 0 Å². The third kappa shape index (κ3) is 5.69. The van der Waals surface area contributed by atoms with E-state index < -0.39 is 0 Å². The molecule has 0 aliphatic carbocycles. The van der Waals surface area contributed by atoms with Crippen LogP contribution in [0.5, 0.6) is 0 Å². The second-order valence-corrected chi connectivity index (χ2v) is 7.31. The molecule has 0 aromatic heterocycles. The molecule has 2 unspecified atom stereocenters. The first-order valence-corrected chi connectivity index (χ1v) is 9.28. The van der Waals surface area contributed by atoms with Crippen molar-refractivity contribution in [3.8, 4) is 0 Å². The van der Waals surface area contributed by atoms with Gasteiger partial charge in [0.15, 0.2) is 0 Å². The quantitative estimate of drug-likeness (QED) is 0.768. The van der Waals surface area contributed by atoms with Crippen molar-refractivity contribution in [1.82, 2.24) is 5.32 Å². The number of benzene rings is 2. The topological polar surface area (TPSA) is 49.3 Å². The van der Waals surface area contributed by atoms with Gasteiger partial charge >= 0.3 is 0 Å². The molecule has 128 valence electrons. The molecule has 24 heavy (non-hydrogen) atoms. The normalized spacial score (nSPS) is 13.3. The van der Waals surface area contributed by atoms with Gasteiger partial charge in [0.25, 0.3) is 0 Å². The van der Waals surface area contributed by atoms with Crippen LogP contribution in [-0.2, 0) is 17.2 Å². The fourth-order valence-electron chi connectivity index (χ4n) is 2.33. The first-order valence-electron chi connectivity index (χ1n) is 8.23. The first-order chi connectivity index (χ1) is 11.6. The Bertz CT molecular complexity index is 628. The van der Waals surface area contributed by atoms with Crippen LogP contribution in [0.15, 0.2) is 54.6 Å². The molecule has 2 N–H and O–H groups in total. The number of hydrogen-bond donors (Lipinski definition) is 2. The van der Waals surface area contributed by atoms with E-state index in [0.29, 0.717) is 12.5 Å². The number of aliphatic hydroxyl groups excluding tert-OH is 1. The maximum Gasteiger partial charge on any atom is 0.232 e. The van der Waals surface area contributed by atoms with E-state index in [2.05, 4.69) is 24.4 Å². The average molecular weight is 343 g/mol. The van der Waals surface area contributed by atoms with Gasteiger partial charge in [-0.1, -0.05) is 61.5 Å². The molecule has 0 fully saturated rings. The Balaban J connectivity index is 1.75. The molecule has 4 heteroatoms. The first kappa shape index (κ1) is 18.6. The highest BCUT2D eigenvalue weighted by Gasteiger charge is 2.14. The Labute approximate surface area is 148 Å². The van der Waals surface area contributed by atoms with E-state index in [9.17, 15) is 4.79 Å². The molecule has 3 nitrogen and oxygen atoms in total. The van der Waals surface area contributed by atoms with Gasteiger partial charge in [-0.3, -0.25) is 4.79 Å². The highest BCUT2D eigenvalue weighted by molar-refractivity contribution is 7.99. The summed E-state index contributed by atoms with van der Waals surface area (Å²) in [4.78, 5) is 12.2. The molecule has 2 aromatic carbocycles. The number of thioether (sulfide) groups is 1. The van der Waals surface area contributed by atoms with E-state index in [4.69, 9.17) is 5.11 Å². The minimum Gasteiger partial charge on any atom is -0.392 e. The SMILES string of the molecule is CC(SCc1ccc(CO)cc1)C(=O)NCC(C)c1ccccc1. The van der Waals surface area contributed by atoms with E-state index in [0.717, 1.165) is 16.9 Å². The molecule has 0 aliphatic heterocycles. The maximum atomic E-state index is 12.2. The third-order valence-electron chi connectivity index (χ3n) is 4.03. The smallest absolute Gasteiger partial charge is 0.232 e. The molecule has 0 heterocycles. The number of carbonyl (C=O) groups is 1. The Morgan fingerprint density at radius 2 is 1.67 bits per heavy atom. The van der Waals surface area contributed by atoms with Gasteiger partial charge in [-0.05, 0) is 29.5 Å². The molecule has 0 bridgehead atoms. The second-order valence-electron chi connectivity index (χ2n) is 5.98. The summed E-state index contributed by atoms with van der Waals surface area (Å²) in [6, 6.07) is 18.1. The van der Waals surface area contributed by atoms with E-state index in [1.54, 1.807) is 11.8 Å². The van der Waals surface area contributed by atoms with Gasteiger partial charge in [0.05, 0.1) is 11.9 Å². The van der Waals surface area contributed by atoms with Crippen LogP contribution in [0.4, 0.5) is 0 Å². The van der Waals surface area contributed by atoms with Crippen LogP contribution in [0.2, 0.25) is 0 Å². The Morgan fingerprint density at radius 3 is 2.29 bits per heavy atom. The number of nitrogens with one attached hydrogen (secondary N) is 1. The van der Waals surface area contributed by atoms with Crippen LogP contribution in [0.1, 0.15) is 36.5 Å². The minimum absolute atomic E-state index is 0.0613. The van der Waals surface area contributed by atoms with Crippen LogP contribution >= 0.6 is 11.8 Å². The average Bonchev–Trinajstić information content (AvgIpc) is 2.64. The number of amides is 1. The van der Waals surface area contributed by atoms with Gasteiger partial charge in [-0.15, -0.1) is 11.8 Å². The van der Waals surface area contributed by atoms with Gasteiger partial charge in [0, 0.05) is 12.3 Å². The zero-order valence-electron chi connectivity index (χ0n) is 14.2. The maximum absolute atomic E-state index is 12.2. The van der Waals surface area contributed by atoms with Crippen LogP contribution in [0.25, 0.3) is 0 Å². The summed E-state index contributed by atoms with van der Waals surface area (Å²) in [7, 11) is 0. The fourth-order valence-corrected chi connectivity index (χ4v) is 3.20. The van der Waals surface area contributed by atoms with Crippen molar-refractivity contribution in [2.45, 2.75) is 37.4 Å². The Morgan fingerprint density at radius 1 is 1.04 bits per heavy atom. The summed E-state index contributed by atoms with van der Waals surface area (Å²) in [5.74, 6) is 1.17. The summed E-state index contributed by atoms with van der Waals surface area (Å²) in [6.07, 6.45) is 0. The molecule has 0 saturated heterocycles. The molecular formula is C20H25NO2S. The molecular weight excluding hydrogens is 318 g/mol. The minimum atomic E-state index is -0.0921. The van der Waals surface area contributed by atoms with Crippen LogP contribution < -0.4 is 5.32 Å². The number of aliphatic hydroxyl groups is 1. The number of hydrogen-bond acceptors (Lipinski definition) is 3. The molecule has 2 atom stereocenters. The number of rotatable bonds is 8. The summed E-state index contributed by atoms with van der Waals surface area (Å²) in [5.41, 5.74) is 3.31. The lowest BCUT2D eigenvalue weighted by Gasteiger charge is -2.16. The van der Waals surface area contributed by atoms with E-state index in [-0.39, 0.29) is 17.8 Å². The molecule has 0 aliphatic rings. The highest BCUT2D eigenvalue weighted by Crippen LogP contribution is 2.19. The fraction of sp³-hybridized carbons (Fsp3) is 0.350. The zero-order chi connectivity index (χ0) is 17.4. The van der Waals surface area contributed by atoms with Gasteiger partial charge in [0.2, 0.25) is 5.91 Å². The van der Waals surface area contributed by atoms with Crippen LogP contribution in [0.3, 0.4) is 0 Å². The van der Waals surface area contributed by atoms with E-state index >= 15 is 0 Å². The predicted octanol–water partition coefficient (Wildman–Crippen LogP) is 3.72. The molecule has 2 rings (SSSR count).